The fraction of sp³-hybridized carbons (Fsp3) is 0.0750. The van der Waals surface area contributed by atoms with Crippen LogP contribution in [-0.2, 0) is 5.41 Å². The van der Waals surface area contributed by atoms with Gasteiger partial charge in [0.15, 0.2) is 17.5 Å². The van der Waals surface area contributed by atoms with E-state index < -0.39 is 0 Å². The summed E-state index contributed by atoms with van der Waals surface area (Å²) < 4.78 is 2.11. The number of hydrogen-bond donors (Lipinski definition) is 0. The van der Waals surface area contributed by atoms with Crippen LogP contribution in [0.15, 0.2) is 134 Å². The lowest BCUT2D eigenvalue weighted by Gasteiger charge is -2.22. The number of rotatable bonds is 4. The van der Waals surface area contributed by atoms with Gasteiger partial charge in [-0.25, -0.2) is 15.0 Å². The van der Waals surface area contributed by atoms with E-state index in [1.807, 2.05) is 85.1 Å². The minimum absolute atomic E-state index is 0.244. The fourth-order valence-electron chi connectivity index (χ4n) is 6.98. The Morgan fingerprint density at radius 1 is 0.500 bits per heavy atom. The maximum absolute atomic E-state index is 5.28. The molecule has 6 nitrogen and oxygen atoms in total. The van der Waals surface area contributed by atoms with E-state index in [1.54, 1.807) is 0 Å². The number of fused-ring (bicyclic) bond motifs is 7. The third-order valence-electron chi connectivity index (χ3n) is 9.11. The molecule has 0 radical (unpaired) electrons. The Hall–Kier alpha value is -6.01. The van der Waals surface area contributed by atoms with Crippen molar-refractivity contribution in [3.05, 3.63) is 145 Å². The molecule has 3 heterocycles. The minimum Gasteiger partial charge on any atom is -0.275 e. The van der Waals surface area contributed by atoms with Crippen LogP contribution < -0.4 is 0 Å². The second-order valence-electron chi connectivity index (χ2n) is 12.2. The molecular weight excluding hydrogens is 564 g/mol. The van der Waals surface area contributed by atoms with Gasteiger partial charge in [-0.2, -0.15) is 9.97 Å². The van der Waals surface area contributed by atoms with Crippen molar-refractivity contribution in [1.82, 2.24) is 29.5 Å². The molecule has 218 valence electrons. The van der Waals surface area contributed by atoms with Crippen LogP contribution in [-0.4, -0.2) is 29.5 Å². The predicted octanol–water partition coefficient (Wildman–Crippen LogP) is 9.07. The van der Waals surface area contributed by atoms with Gasteiger partial charge in [0.25, 0.3) is 0 Å². The third kappa shape index (κ3) is 3.93. The SMILES string of the molecule is CC1(C)c2ccccc2-c2ccc3c(c21)c1nc(-c2ccccc2)ncc1n3-c1nc(-c2ccccc2)nc(-c2ccccc2)n1. The van der Waals surface area contributed by atoms with Gasteiger partial charge in [0.05, 0.1) is 17.2 Å². The molecule has 9 rings (SSSR count). The number of nitrogens with zero attached hydrogens (tertiary/aromatic N) is 6. The van der Waals surface area contributed by atoms with Gasteiger partial charge in [-0.3, -0.25) is 4.57 Å². The van der Waals surface area contributed by atoms with E-state index in [2.05, 4.69) is 66.9 Å². The van der Waals surface area contributed by atoms with E-state index in [0.717, 1.165) is 38.6 Å². The second-order valence-corrected chi connectivity index (χ2v) is 12.2. The first-order valence-electron chi connectivity index (χ1n) is 15.5. The van der Waals surface area contributed by atoms with Crippen LogP contribution in [0.3, 0.4) is 0 Å². The Morgan fingerprint density at radius 2 is 1.07 bits per heavy atom. The quantitative estimate of drug-likeness (QED) is 0.204. The van der Waals surface area contributed by atoms with Crippen LogP contribution in [0.4, 0.5) is 0 Å². The van der Waals surface area contributed by atoms with Crippen LogP contribution in [0.5, 0.6) is 0 Å². The van der Waals surface area contributed by atoms with E-state index >= 15 is 0 Å². The summed E-state index contributed by atoms with van der Waals surface area (Å²) in [6, 6.07) is 43.4. The largest absolute Gasteiger partial charge is 0.275 e. The molecule has 8 aromatic rings. The molecule has 1 aliphatic carbocycles. The summed E-state index contributed by atoms with van der Waals surface area (Å²) in [6.07, 6.45) is 1.92. The second kappa shape index (κ2) is 10.0. The van der Waals surface area contributed by atoms with Gasteiger partial charge >= 0.3 is 0 Å². The maximum atomic E-state index is 5.28. The summed E-state index contributed by atoms with van der Waals surface area (Å²) in [4.78, 5) is 25.3. The molecule has 6 heteroatoms. The lowest BCUT2D eigenvalue weighted by atomic mass is 9.81. The summed E-state index contributed by atoms with van der Waals surface area (Å²) in [7, 11) is 0. The molecule has 0 amide bonds. The Balaban J connectivity index is 1.40. The normalized spacial score (nSPS) is 13.2. The predicted molar refractivity (Wildman–Crippen MR) is 184 cm³/mol. The van der Waals surface area contributed by atoms with Gasteiger partial charge in [0.2, 0.25) is 5.95 Å². The molecule has 46 heavy (non-hydrogen) atoms. The standard InChI is InChI=1S/C40H28N6/c1-40(2)30-21-13-12-20-28(30)29-22-23-31-33(34(29)40)35-32(24-41-36(42-35)25-14-6-3-7-15-25)46(31)39-44-37(26-16-8-4-9-17-26)43-38(45-39)27-18-10-5-11-19-27/h3-24H,1-2H3. The average Bonchev–Trinajstić information content (AvgIpc) is 3.57. The lowest BCUT2D eigenvalue weighted by molar-refractivity contribution is 0.666. The first-order valence-corrected chi connectivity index (χ1v) is 15.5. The molecule has 0 N–H and O–H groups in total. The van der Waals surface area contributed by atoms with E-state index in [9.17, 15) is 0 Å². The number of aromatic nitrogens is 6. The fourth-order valence-corrected chi connectivity index (χ4v) is 6.98. The molecule has 3 aromatic heterocycles. The van der Waals surface area contributed by atoms with Crippen LogP contribution in [0.2, 0.25) is 0 Å². The van der Waals surface area contributed by atoms with Crippen LogP contribution >= 0.6 is 0 Å². The third-order valence-corrected chi connectivity index (χ3v) is 9.11. The summed E-state index contributed by atoms with van der Waals surface area (Å²) >= 11 is 0. The van der Waals surface area contributed by atoms with Crippen molar-refractivity contribution < 1.29 is 0 Å². The van der Waals surface area contributed by atoms with Crippen molar-refractivity contribution in [3.63, 3.8) is 0 Å². The highest BCUT2D eigenvalue weighted by atomic mass is 15.2. The minimum atomic E-state index is -0.244. The summed E-state index contributed by atoms with van der Waals surface area (Å²) in [6.45, 7) is 4.62. The highest BCUT2D eigenvalue weighted by Crippen LogP contribution is 2.53. The van der Waals surface area contributed by atoms with E-state index in [0.29, 0.717) is 23.4 Å². The molecule has 5 aromatic carbocycles. The van der Waals surface area contributed by atoms with Gasteiger partial charge < -0.3 is 0 Å². The Bertz CT molecular complexity index is 2370. The summed E-state index contributed by atoms with van der Waals surface area (Å²) in [5.41, 5.74) is 10.3. The lowest BCUT2D eigenvalue weighted by Crippen LogP contribution is -2.15. The highest BCUT2D eigenvalue weighted by Gasteiger charge is 2.38. The van der Waals surface area contributed by atoms with Crippen molar-refractivity contribution >= 4 is 21.9 Å². The van der Waals surface area contributed by atoms with Gasteiger partial charge in [-0.1, -0.05) is 135 Å². The smallest absolute Gasteiger partial charge is 0.238 e. The van der Waals surface area contributed by atoms with Crippen molar-refractivity contribution in [3.8, 4) is 51.2 Å². The average molecular weight is 593 g/mol. The Morgan fingerprint density at radius 3 is 1.70 bits per heavy atom. The zero-order valence-electron chi connectivity index (χ0n) is 25.4. The van der Waals surface area contributed by atoms with Crippen molar-refractivity contribution in [2.45, 2.75) is 19.3 Å². The molecule has 0 saturated carbocycles. The van der Waals surface area contributed by atoms with E-state index in [-0.39, 0.29) is 5.41 Å². The van der Waals surface area contributed by atoms with Crippen molar-refractivity contribution in [1.29, 1.82) is 0 Å². The number of benzene rings is 5. The number of hydrogen-bond acceptors (Lipinski definition) is 5. The molecule has 0 saturated heterocycles. The van der Waals surface area contributed by atoms with E-state index in [1.165, 1.54) is 22.3 Å². The van der Waals surface area contributed by atoms with Gasteiger partial charge in [-0.15, -0.1) is 0 Å². The zero-order chi connectivity index (χ0) is 30.8. The maximum Gasteiger partial charge on any atom is 0.238 e. The molecule has 1 aliphatic rings. The van der Waals surface area contributed by atoms with Crippen LogP contribution in [0.25, 0.3) is 73.2 Å². The van der Waals surface area contributed by atoms with Crippen molar-refractivity contribution in [2.75, 3.05) is 0 Å². The van der Waals surface area contributed by atoms with Gasteiger partial charge in [0.1, 0.15) is 5.52 Å². The Kier molecular flexibility index (Phi) is 5.74. The topological polar surface area (TPSA) is 69.4 Å². The molecule has 0 aliphatic heterocycles. The molecule has 0 bridgehead atoms. The van der Waals surface area contributed by atoms with Gasteiger partial charge in [0, 0.05) is 27.5 Å². The first-order chi connectivity index (χ1) is 22.6. The monoisotopic (exact) mass is 592 g/mol. The highest BCUT2D eigenvalue weighted by molar-refractivity contribution is 6.12. The summed E-state index contributed by atoms with van der Waals surface area (Å²) in [5, 5.41) is 1.09. The zero-order valence-corrected chi connectivity index (χ0v) is 25.4. The molecular formula is C40H28N6. The Labute approximate surface area is 266 Å². The first kappa shape index (κ1) is 26.4. The summed E-state index contributed by atoms with van der Waals surface area (Å²) in [5.74, 6) is 2.42. The van der Waals surface area contributed by atoms with Crippen LogP contribution in [0, 0.1) is 0 Å². The molecule has 0 spiro atoms. The van der Waals surface area contributed by atoms with Gasteiger partial charge in [-0.05, 0) is 28.3 Å². The van der Waals surface area contributed by atoms with Crippen LogP contribution in [0.1, 0.15) is 25.0 Å². The molecule has 0 fully saturated rings. The van der Waals surface area contributed by atoms with E-state index in [4.69, 9.17) is 24.9 Å². The molecule has 0 unspecified atom stereocenters. The molecule has 0 atom stereocenters. The van der Waals surface area contributed by atoms with Crippen molar-refractivity contribution in [2.24, 2.45) is 0 Å².